The van der Waals surface area contributed by atoms with Gasteiger partial charge in [0, 0.05) is 29.8 Å². The molecular weight excluding hydrogens is 286 g/mol. The quantitative estimate of drug-likeness (QED) is 0.873. The average Bonchev–Trinajstić information content (AvgIpc) is 2.80. The SMILES string of the molecule is CN1CCC(CNC(=O)c2cc(Cl)nc(C(C)(C)C)c2)C1. The number of pyridine rings is 1. The fourth-order valence-corrected chi connectivity index (χ4v) is 2.75. The molecule has 0 aliphatic carbocycles. The van der Waals surface area contributed by atoms with Gasteiger partial charge in [0.05, 0.1) is 0 Å². The molecule has 1 fully saturated rings. The van der Waals surface area contributed by atoms with Gasteiger partial charge in [-0.2, -0.15) is 0 Å². The topological polar surface area (TPSA) is 45.2 Å². The molecule has 2 rings (SSSR count). The Morgan fingerprint density at radius 3 is 2.76 bits per heavy atom. The number of nitrogens with one attached hydrogen (secondary N) is 1. The van der Waals surface area contributed by atoms with Crippen molar-refractivity contribution in [2.75, 3.05) is 26.7 Å². The zero-order chi connectivity index (χ0) is 15.6. The number of hydrogen-bond acceptors (Lipinski definition) is 3. The second-order valence-electron chi connectivity index (χ2n) is 6.94. The minimum atomic E-state index is -0.131. The maximum atomic E-state index is 12.3. The molecule has 1 aliphatic rings. The van der Waals surface area contributed by atoms with Crippen LogP contribution in [0.4, 0.5) is 0 Å². The first-order chi connectivity index (χ1) is 9.75. The highest BCUT2D eigenvalue weighted by atomic mass is 35.5. The summed E-state index contributed by atoms with van der Waals surface area (Å²) >= 11 is 6.05. The van der Waals surface area contributed by atoms with Crippen molar-refractivity contribution in [3.8, 4) is 0 Å². The molecule has 0 saturated carbocycles. The van der Waals surface area contributed by atoms with E-state index >= 15 is 0 Å². The maximum Gasteiger partial charge on any atom is 0.251 e. The zero-order valence-corrected chi connectivity index (χ0v) is 14.0. The van der Waals surface area contributed by atoms with Gasteiger partial charge in [-0.1, -0.05) is 32.4 Å². The number of carbonyl (C=O) groups excluding carboxylic acids is 1. The van der Waals surface area contributed by atoms with Crippen LogP contribution >= 0.6 is 11.6 Å². The Balaban J connectivity index is 2.03. The van der Waals surface area contributed by atoms with Gasteiger partial charge < -0.3 is 10.2 Å². The fourth-order valence-electron chi connectivity index (χ4n) is 2.54. The number of rotatable bonds is 3. The Morgan fingerprint density at radius 2 is 2.19 bits per heavy atom. The Hall–Kier alpha value is -1.13. The number of hydrogen-bond donors (Lipinski definition) is 1. The number of aromatic nitrogens is 1. The van der Waals surface area contributed by atoms with Crippen LogP contribution in [0, 0.1) is 5.92 Å². The van der Waals surface area contributed by atoms with Crippen molar-refractivity contribution >= 4 is 17.5 Å². The molecule has 0 bridgehead atoms. The molecule has 1 atom stereocenters. The first kappa shape index (κ1) is 16.2. The van der Waals surface area contributed by atoms with Gasteiger partial charge >= 0.3 is 0 Å². The highest BCUT2D eigenvalue weighted by Crippen LogP contribution is 2.23. The molecule has 1 aliphatic heterocycles. The van der Waals surface area contributed by atoms with Crippen LogP contribution in [-0.2, 0) is 5.41 Å². The summed E-state index contributed by atoms with van der Waals surface area (Å²) in [5.74, 6) is 0.470. The third-order valence-electron chi connectivity index (χ3n) is 3.86. The van der Waals surface area contributed by atoms with Crippen LogP contribution in [0.5, 0.6) is 0 Å². The van der Waals surface area contributed by atoms with Crippen molar-refractivity contribution in [2.45, 2.75) is 32.6 Å². The Morgan fingerprint density at radius 1 is 1.48 bits per heavy atom. The van der Waals surface area contributed by atoms with Crippen molar-refractivity contribution < 1.29 is 4.79 Å². The number of halogens is 1. The van der Waals surface area contributed by atoms with E-state index in [1.807, 2.05) is 6.07 Å². The van der Waals surface area contributed by atoms with Crippen LogP contribution in [0.3, 0.4) is 0 Å². The van der Waals surface area contributed by atoms with Crippen LogP contribution in [0.15, 0.2) is 12.1 Å². The highest BCUT2D eigenvalue weighted by Gasteiger charge is 2.22. The summed E-state index contributed by atoms with van der Waals surface area (Å²) in [6.45, 7) is 9.04. The lowest BCUT2D eigenvalue weighted by molar-refractivity contribution is 0.0947. The van der Waals surface area contributed by atoms with E-state index in [-0.39, 0.29) is 11.3 Å². The largest absolute Gasteiger partial charge is 0.352 e. The van der Waals surface area contributed by atoms with E-state index in [1.165, 1.54) is 0 Å². The normalized spacial score (nSPS) is 19.8. The van der Waals surface area contributed by atoms with E-state index in [1.54, 1.807) is 6.07 Å². The van der Waals surface area contributed by atoms with Gasteiger partial charge in [-0.3, -0.25) is 4.79 Å². The lowest BCUT2D eigenvalue weighted by Crippen LogP contribution is -2.30. The summed E-state index contributed by atoms with van der Waals surface area (Å²) in [6, 6.07) is 3.47. The molecule has 5 heteroatoms. The van der Waals surface area contributed by atoms with Crippen LogP contribution in [0.25, 0.3) is 0 Å². The van der Waals surface area contributed by atoms with Gasteiger partial charge in [-0.15, -0.1) is 0 Å². The molecular formula is C16H24ClN3O. The number of likely N-dealkylation sites (tertiary alicyclic amines) is 1. The molecule has 1 unspecified atom stereocenters. The van der Waals surface area contributed by atoms with Crippen molar-refractivity contribution in [2.24, 2.45) is 5.92 Å². The van der Waals surface area contributed by atoms with E-state index in [0.717, 1.165) is 25.2 Å². The monoisotopic (exact) mass is 309 g/mol. The lowest BCUT2D eigenvalue weighted by atomic mass is 9.91. The molecule has 0 radical (unpaired) electrons. The predicted molar refractivity (Wildman–Crippen MR) is 85.9 cm³/mol. The second-order valence-corrected chi connectivity index (χ2v) is 7.33. The van der Waals surface area contributed by atoms with Gasteiger partial charge in [0.2, 0.25) is 0 Å². The summed E-state index contributed by atoms with van der Waals surface area (Å²) < 4.78 is 0. The van der Waals surface area contributed by atoms with Gasteiger partial charge in [-0.05, 0) is 38.1 Å². The zero-order valence-electron chi connectivity index (χ0n) is 13.2. The third-order valence-corrected chi connectivity index (χ3v) is 4.06. The Kier molecular flexibility index (Phi) is 4.89. The predicted octanol–water partition coefficient (Wildman–Crippen LogP) is 2.71. The summed E-state index contributed by atoms with van der Waals surface area (Å²) in [7, 11) is 2.11. The summed E-state index contributed by atoms with van der Waals surface area (Å²) in [4.78, 5) is 18.9. The van der Waals surface area contributed by atoms with Gasteiger partial charge in [0.15, 0.2) is 0 Å². The highest BCUT2D eigenvalue weighted by molar-refractivity contribution is 6.29. The van der Waals surface area contributed by atoms with Crippen molar-refractivity contribution in [1.29, 1.82) is 0 Å². The van der Waals surface area contributed by atoms with Crippen LogP contribution in [0.1, 0.15) is 43.2 Å². The average molecular weight is 310 g/mol. The van der Waals surface area contributed by atoms with E-state index in [2.05, 4.69) is 43.0 Å². The minimum Gasteiger partial charge on any atom is -0.352 e. The number of nitrogens with zero attached hydrogens (tertiary/aromatic N) is 2. The van der Waals surface area contributed by atoms with Crippen LogP contribution in [-0.4, -0.2) is 42.5 Å². The Labute approximate surface area is 131 Å². The minimum absolute atomic E-state index is 0.0700. The summed E-state index contributed by atoms with van der Waals surface area (Å²) in [5, 5.41) is 3.38. The molecule has 116 valence electrons. The molecule has 1 saturated heterocycles. The number of carbonyl (C=O) groups is 1. The molecule has 0 spiro atoms. The smallest absolute Gasteiger partial charge is 0.251 e. The van der Waals surface area contributed by atoms with Crippen LogP contribution in [0.2, 0.25) is 5.15 Å². The van der Waals surface area contributed by atoms with Crippen molar-refractivity contribution in [3.05, 3.63) is 28.5 Å². The molecule has 4 nitrogen and oxygen atoms in total. The second kappa shape index (κ2) is 6.32. The first-order valence-corrected chi connectivity index (χ1v) is 7.78. The van der Waals surface area contributed by atoms with Gasteiger partial charge in [0.1, 0.15) is 5.15 Å². The first-order valence-electron chi connectivity index (χ1n) is 7.40. The molecule has 21 heavy (non-hydrogen) atoms. The molecule has 1 amide bonds. The lowest BCUT2D eigenvalue weighted by Gasteiger charge is -2.19. The maximum absolute atomic E-state index is 12.3. The fraction of sp³-hybridized carbons (Fsp3) is 0.625. The van der Waals surface area contributed by atoms with Gasteiger partial charge in [-0.25, -0.2) is 4.98 Å². The summed E-state index contributed by atoms with van der Waals surface area (Å²) in [6.07, 6.45) is 1.14. The van der Waals surface area contributed by atoms with Crippen molar-refractivity contribution in [1.82, 2.24) is 15.2 Å². The van der Waals surface area contributed by atoms with E-state index in [9.17, 15) is 4.79 Å². The van der Waals surface area contributed by atoms with E-state index in [4.69, 9.17) is 11.6 Å². The van der Waals surface area contributed by atoms with E-state index < -0.39 is 0 Å². The van der Waals surface area contributed by atoms with E-state index in [0.29, 0.717) is 23.2 Å². The van der Waals surface area contributed by atoms with Crippen molar-refractivity contribution in [3.63, 3.8) is 0 Å². The Bertz CT molecular complexity index is 525. The third kappa shape index (κ3) is 4.42. The number of amides is 1. The summed E-state index contributed by atoms with van der Waals surface area (Å²) in [5.41, 5.74) is 1.29. The van der Waals surface area contributed by atoms with Gasteiger partial charge in [0.25, 0.3) is 5.91 Å². The molecule has 1 aromatic heterocycles. The molecule has 2 heterocycles. The molecule has 0 aromatic carbocycles. The molecule has 1 N–H and O–H groups in total. The van der Waals surface area contributed by atoms with Crippen LogP contribution < -0.4 is 5.32 Å². The molecule has 1 aromatic rings. The standard InChI is InChI=1S/C16H24ClN3O/c1-16(2,3)13-7-12(8-14(17)19-13)15(21)18-9-11-5-6-20(4)10-11/h7-8,11H,5-6,9-10H2,1-4H3,(H,18,21).